The van der Waals surface area contributed by atoms with Crippen molar-refractivity contribution >= 4 is 17.2 Å². The number of hydrogen-bond donors (Lipinski definition) is 0. The standard InChI is InChI=1S/C31H34N2O4/c1-35-30-21-23(15-19-34)11-12-29(30)36-20-16-26(24-7-3-2-4-8-24)22-33-17-13-25(14-18-33)31-27-9-5-6-10-28(27)32-37-31/h2-12,19,21,25-26H,13-18,20,22H2,1H3. The van der Waals surface area contributed by atoms with Gasteiger partial charge in [-0.3, -0.25) is 0 Å². The predicted octanol–water partition coefficient (Wildman–Crippen LogP) is 6.01. The van der Waals surface area contributed by atoms with Crippen molar-refractivity contribution in [1.82, 2.24) is 10.1 Å². The van der Waals surface area contributed by atoms with Crippen molar-refractivity contribution in [2.75, 3.05) is 33.4 Å². The van der Waals surface area contributed by atoms with Crippen LogP contribution in [0.15, 0.2) is 77.3 Å². The Morgan fingerprint density at radius 1 is 1.03 bits per heavy atom. The maximum absolute atomic E-state index is 10.9. The van der Waals surface area contributed by atoms with Gasteiger partial charge in [0.1, 0.15) is 17.6 Å². The Morgan fingerprint density at radius 2 is 1.81 bits per heavy atom. The van der Waals surface area contributed by atoms with E-state index >= 15 is 0 Å². The molecule has 0 spiro atoms. The molecule has 2 heterocycles. The summed E-state index contributed by atoms with van der Waals surface area (Å²) in [6, 6.07) is 24.6. The first-order valence-corrected chi connectivity index (χ1v) is 13.1. The van der Waals surface area contributed by atoms with E-state index in [1.165, 1.54) is 5.56 Å². The molecule has 1 aliphatic heterocycles. The third-order valence-corrected chi connectivity index (χ3v) is 7.39. The average Bonchev–Trinajstić information content (AvgIpc) is 3.38. The fourth-order valence-electron chi connectivity index (χ4n) is 5.35. The minimum atomic E-state index is 0.365. The molecule has 6 nitrogen and oxygen atoms in total. The molecule has 0 radical (unpaired) electrons. The Hall–Kier alpha value is -3.64. The van der Waals surface area contributed by atoms with Gasteiger partial charge in [0.2, 0.25) is 0 Å². The normalized spacial score (nSPS) is 15.5. The summed E-state index contributed by atoms with van der Waals surface area (Å²) in [4.78, 5) is 13.4. The number of methoxy groups -OCH3 is 1. The van der Waals surface area contributed by atoms with Crippen LogP contribution in [0.25, 0.3) is 10.9 Å². The number of benzene rings is 3. The van der Waals surface area contributed by atoms with Crippen LogP contribution in [0.4, 0.5) is 0 Å². The monoisotopic (exact) mass is 498 g/mol. The molecule has 1 atom stereocenters. The Morgan fingerprint density at radius 3 is 2.59 bits per heavy atom. The van der Waals surface area contributed by atoms with E-state index in [1.807, 2.05) is 30.3 Å². The zero-order valence-electron chi connectivity index (χ0n) is 21.3. The number of aldehydes is 1. The van der Waals surface area contributed by atoms with Crippen LogP contribution >= 0.6 is 0 Å². The van der Waals surface area contributed by atoms with Gasteiger partial charge in [0.25, 0.3) is 0 Å². The minimum Gasteiger partial charge on any atom is -0.493 e. The highest BCUT2D eigenvalue weighted by atomic mass is 16.5. The fraction of sp³-hybridized carbons (Fsp3) is 0.355. The summed E-state index contributed by atoms with van der Waals surface area (Å²) in [5, 5.41) is 5.41. The van der Waals surface area contributed by atoms with E-state index in [0.29, 0.717) is 36.4 Å². The number of carbonyl (C=O) groups is 1. The Kier molecular flexibility index (Phi) is 8.16. The van der Waals surface area contributed by atoms with E-state index in [0.717, 1.165) is 67.4 Å². The molecule has 1 saturated heterocycles. The number of rotatable bonds is 11. The van der Waals surface area contributed by atoms with E-state index in [-0.39, 0.29) is 0 Å². The van der Waals surface area contributed by atoms with E-state index < -0.39 is 0 Å². The van der Waals surface area contributed by atoms with Gasteiger partial charge in [-0.2, -0.15) is 0 Å². The van der Waals surface area contributed by atoms with Crippen LogP contribution in [0, 0.1) is 0 Å². The molecular formula is C31H34N2O4. The topological polar surface area (TPSA) is 64.8 Å². The van der Waals surface area contributed by atoms with Crippen molar-refractivity contribution in [3.05, 3.63) is 89.7 Å². The molecule has 1 unspecified atom stereocenters. The van der Waals surface area contributed by atoms with Crippen molar-refractivity contribution in [3.63, 3.8) is 0 Å². The van der Waals surface area contributed by atoms with E-state index in [2.05, 4.69) is 52.5 Å². The largest absolute Gasteiger partial charge is 0.493 e. The molecule has 4 aromatic rings. The molecule has 0 N–H and O–H groups in total. The number of carbonyl (C=O) groups excluding carboxylic acids is 1. The second-order valence-corrected chi connectivity index (χ2v) is 9.74. The Bertz CT molecular complexity index is 1300. The van der Waals surface area contributed by atoms with Gasteiger partial charge in [0.15, 0.2) is 11.5 Å². The minimum absolute atomic E-state index is 0.365. The number of aromatic nitrogens is 1. The third kappa shape index (κ3) is 6.03. The second kappa shape index (κ2) is 12.1. The third-order valence-electron chi connectivity index (χ3n) is 7.39. The van der Waals surface area contributed by atoms with Gasteiger partial charge in [-0.25, -0.2) is 0 Å². The van der Waals surface area contributed by atoms with Gasteiger partial charge in [0, 0.05) is 24.3 Å². The first kappa shape index (κ1) is 25.0. The molecule has 5 rings (SSSR count). The molecular weight excluding hydrogens is 464 g/mol. The molecule has 0 bridgehead atoms. The Labute approximate surface area is 218 Å². The summed E-state index contributed by atoms with van der Waals surface area (Å²) >= 11 is 0. The van der Waals surface area contributed by atoms with Crippen molar-refractivity contribution in [3.8, 4) is 11.5 Å². The van der Waals surface area contributed by atoms with Crippen molar-refractivity contribution < 1.29 is 18.8 Å². The average molecular weight is 499 g/mol. The van der Waals surface area contributed by atoms with Gasteiger partial charge >= 0.3 is 0 Å². The maximum Gasteiger partial charge on any atom is 0.161 e. The SMILES string of the molecule is COc1cc(CC=O)ccc1OCCC(CN1CCC(c2onc3ccccc23)CC1)c1ccccc1. The molecule has 6 heteroatoms. The molecule has 1 fully saturated rings. The highest BCUT2D eigenvalue weighted by Crippen LogP contribution is 2.34. The number of likely N-dealkylation sites (tertiary alicyclic amines) is 1. The Balaban J connectivity index is 1.20. The zero-order valence-corrected chi connectivity index (χ0v) is 21.3. The number of piperidine rings is 1. The van der Waals surface area contributed by atoms with E-state index in [9.17, 15) is 4.79 Å². The highest BCUT2D eigenvalue weighted by Gasteiger charge is 2.27. The quantitative estimate of drug-likeness (QED) is 0.236. The van der Waals surface area contributed by atoms with Crippen molar-refractivity contribution in [2.24, 2.45) is 0 Å². The molecule has 1 aromatic heterocycles. The van der Waals surface area contributed by atoms with Crippen LogP contribution < -0.4 is 9.47 Å². The molecule has 192 valence electrons. The van der Waals surface area contributed by atoms with Crippen molar-refractivity contribution in [1.29, 1.82) is 0 Å². The molecule has 0 amide bonds. The van der Waals surface area contributed by atoms with Gasteiger partial charge in [-0.1, -0.05) is 53.7 Å². The molecule has 0 saturated carbocycles. The van der Waals surface area contributed by atoms with Crippen LogP contribution in [0.3, 0.4) is 0 Å². The lowest BCUT2D eigenvalue weighted by Gasteiger charge is -2.33. The second-order valence-electron chi connectivity index (χ2n) is 9.74. The van der Waals surface area contributed by atoms with Crippen LogP contribution in [0.1, 0.15) is 48.0 Å². The lowest BCUT2D eigenvalue weighted by molar-refractivity contribution is -0.107. The van der Waals surface area contributed by atoms with Gasteiger partial charge in [-0.05, 0) is 73.7 Å². The number of fused-ring (bicyclic) bond motifs is 1. The van der Waals surface area contributed by atoms with E-state index in [1.54, 1.807) is 7.11 Å². The zero-order chi connectivity index (χ0) is 25.5. The fourth-order valence-corrected chi connectivity index (χ4v) is 5.35. The summed E-state index contributed by atoms with van der Waals surface area (Å²) in [6.45, 7) is 3.65. The number of ether oxygens (including phenoxy) is 2. The maximum atomic E-state index is 10.9. The first-order valence-electron chi connectivity index (χ1n) is 13.1. The molecule has 1 aliphatic rings. The van der Waals surface area contributed by atoms with Crippen LogP contribution in [0.2, 0.25) is 0 Å². The van der Waals surface area contributed by atoms with Gasteiger partial charge in [-0.15, -0.1) is 0 Å². The summed E-state index contributed by atoms with van der Waals surface area (Å²) in [7, 11) is 1.63. The molecule has 3 aromatic carbocycles. The molecule has 37 heavy (non-hydrogen) atoms. The number of nitrogens with zero attached hydrogens (tertiary/aromatic N) is 2. The van der Waals surface area contributed by atoms with E-state index in [4.69, 9.17) is 14.0 Å². The van der Waals surface area contributed by atoms with Gasteiger partial charge in [0.05, 0.1) is 13.7 Å². The van der Waals surface area contributed by atoms with Gasteiger partial charge < -0.3 is 23.7 Å². The molecule has 0 aliphatic carbocycles. The summed E-state index contributed by atoms with van der Waals surface area (Å²) < 4.78 is 17.4. The predicted molar refractivity (Wildman–Crippen MR) is 144 cm³/mol. The van der Waals surface area contributed by atoms with Crippen molar-refractivity contribution in [2.45, 2.75) is 37.5 Å². The smallest absolute Gasteiger partial charge is 0.161 e. The highest BCUT2D eigenvalue weighted by molar-refractivity contribution is 5.80. The number of hydrogen-bond acceptors (Lipinski definition) is 6. The summed E-state index contributed by atoms with van der Waals surface area (Å²) in [5.74, 6) is 3.19. The van der Waals surface area contributed by atoms with Crippen LogP contribution in [-0.2, 0) is 11.2 Å². The van der Waals surface area contributed by atoms with Crippen LogP contribution in [-0.4, -0.2) is 49.7 Å². The lowest BCUT2D eigenvalue weighted by Crippen LogP contribution is -2.36. The van der Waals surface area contributed by atoms with Crippen LogP contribution in [0.5, 0.6) is 11.5 Å². The lowest BCUT2D eigenvalue weighted by atomic mass is 9.90. The summed E-state index contributed by atoms with van der Waals surface area (Å²) in [6.07, 6.45) is 4.31. The summed E-state index contributed by atoms with van der Waals surface area (Å²) in [5.41, 5.74) is 3.20. The first-order chi connectivity index (χ1) is 18.2.